The number of hydrogen-bond acceptors (Lipinski definition) is 3. The van der Waals surface area contributed by atoms with Crippen molar-refractivity contribution in [3.05, 3.63) is 64.8 Å². The lowest BCUT2D eigenvalue weighted by atomic mass is 10.1. The van der Waals surface area contributed by atoms with Crippen LogP contribution >= 0.6 is 24.0 Å². The van der Waals surface area contributed by atoms with E-state index in [0.717, 1.165) is 12.1 Å². The lowest BCUT2D eigenvalue weighted by Crippen LogP contribution is -2.30. The van der Waals surface area contributed by atoms with Gasteiger partial charge < -0.3 is 4.98 Å². The molecule has 0 atom stereocenters. The van der Waals surface area contributed by atoms with Crippen molar-refractivity contribution in [1.29, 1.82) is 0 Å². The summed E-state index contributed by atoms with van der Waals surface area (Å²) in [7, 11) is 0. The first-order chi connectivity index (χ1) is 10.2. The van der Waals surface area contributed by atoms with E-state index in [1.54, 1.807) is 4.90 Å². The number of H-pyrrole nitrogens is 1. The Balaban J connectivity index is 1.69. The fraction of sp³-hybridized carbons (Fsp3) is 0.125. The number of benzene rings is 1. The number of thioether (sulfide) groups is 1. The molecule has 2 aromatic rings. The summed E-state index contributed by atoms with van der Waals surface area (Å²) in [6, 6.07) is 14.0. The van der Waals surface area contributed by atoms with Gasteiger partial charge in [-0.15, -0.1) is 0 Å². The quantitative estimate of drug-likeness (QED) is 0.693. The first kappa shape index (κ1) is 14.1. The molecule has 106 valence electrons. The second-order valence-corrected chi connectivity index (χ2v) is 6.37. The van der Waals surface area contributed by atoms with E-state index >= 15 is 0 Å². The average molecular weight is 314 g/mol. The molecule has 5 heteroatoms. The minimum Gasteiger partial charge on any atom is -0.362 e. The third-order valence-electron chi connectivity index (χ3n) is 3.25. The molecule has 1 aliphatic heterocycles. The number of nitrogens with one attached hydrogen (secondary N) is 1. The van der Waals surface area contributed by atoms with E-state index in [0.29, 0.717) is 15.8 Å². The Kier molecular flexibility index (Phi) is 4.22. The fourth-order valence-electron chi connectivity index (χ4n) is 2.15. The zero-order valence-corrected chi connectivity index (χ0v) is 12.9. The van der Waals surface area contributed by atoms with E-state index in [1.165, 1.54) is 17.3 Å². The van der Waals surface area contributed by atoms with Gasteiger partial charge in [0.25, 0.3) is 5.91 Å². The third kappa shape index (κ3) is 3.25. The molecule has 0 saturated carbocycles. The molecule has 1 aromatic carbocycles. The molecule has 1 aliphatic rings. The van der Waals surface area contributed by atoms with Crippen LogP contribution in [-0.4, -0.2) is 26.7 Å². The number of hydrogen-bond donors (Lipinski definition) is 1. The standard InChI is InChI=1S/C16H14N2OS2/c19-15-14(11-13-7-4-9-17-13)21-16(20)18(15)10-8-12-5-2-1-3-6-12/h1-7,9,11,17H,8,10H2/b14-11-. The van der Waals surface area contributed by atoms with Crippen LogP contribution in [0.25, 0.3) is 6.08 Å². The van der Waals surface area contributed by atoms with E-state index in [9.17, 15) is 4.79 Å². The third-order valence-corrected chi connectivity index (χ3v) is 4.63. The van der Waals surface area contributed by atoms with Crippen molar-refractivity contribution in [2.45, 2.75) is 6.42 Å². The molecule has 0 radical (unpaired) electrons. The minimum absolute atomic E-state index is 0.00414. The topological polar surface area (TPSA) is 36.1 Å². The predicted molar refractivity (Wildman–Crippen MR) is 90.8 cm³/mol. The molecule has 1 fully saturated rings. The van der Waals surface area contributed by atoms with Gasteiger partial charge in [-0.3, -0.25) is 9.69 Å². The average Bonchev–Trinajstić information content (AvgIpc) is 3.09. The Hall–Kier alpha value is -1.85. The van der Waals surface area contributed by atoms with Crippen LogP contribution in [0, 0.1) is 0 Å². The molecular weight excluding hydrogens is 300 g/mol. The number of aromatic nitrogens is 1. The Morgan fingerprint density at radius 2 is 2.00 bits per heavy atom. The molecule has 0 spiro atoms. The summed E-state index contributed by atoms with van der Waals surface area (Å²) in [5.41, 5.74) is 2.12. The van der Waals surface area contributed by atoms with E-state index < -0.39 is 0 Å². The molecule has 1 aromatic heterocycles. The maximum Gasteiger partial charge on any atom is 0.266 e. The molecule has 1 saturated heterocycles. The van der Waals surface area contributed by atoms with Crippen molar-refractivity contribution in [2.75, 3.05) is 6.54 Å². The van der Waals surface area contributed by atoms with Gasteiger partial charge in [0, 0.05) is 18.4 Å². The van der Waals surface area contributed by atoms with E-state index in [2.05, 4.69) is 17.1 Å². The van der Waals surface area contributed by atoms with Crippen molar-refractivity contribution in [3.8, 4) is 0 Å². The first-order valence-electron chi connectivity index (χ1n) is 6.67. The summed E-state index contributed by atoms with van der Waals surface area (Å²) >= 11 is 6.69. The molecule has 0 bridgehead atoms. The number of thiocarbonyl (C=S) groups is 1. The van der Waals surface area contributed by atoms with Crippen LogP contribution in [0.1, 0.15) is 11.3 Å². The Labute approximate surface area is 133 Å². The van der Waals surface area contributed by atoms with Crippen LogP contribution in [-0.2, 0) is 11.2 Å². The van der Waals surface area contributed by atoms with Gasteiger partial charge in [-0.05, 0) is 30.2 Å². The number of nitrogens with zero attached hydrogens (tertiary/aromatic N) is 1. The van der Waals surface area contributed by atoms with Crippen molar-refractivity contribution >= 4 is 40.3 Å². The van der Waals surface area contributed by atoms with Crippen molar-refractivity contribution in [3.63, 3.8) is 0 Å². The summed E-state index contributed by atoms with van der Waals surface area (Å²) in [6.45, 7) is 0.622. The van der Waals surface area contributed by atoms with E-state index in [1.807, 2.05) is 42.6 Å². The lowest BCUT2D eigenvalue weighted by molar-refractivity contribution is -0.122. The highest BCUT2D eigenvalue weighted by molar-refractivity contribution is 8.26. The summed E-state index contributed by atoms with van der Waals surface area (Å²) in [6.07, 6.45) is 4.49. The van der Waals surface area contributed by atoms with Gasteiger partial charge in [-0.1, -0.05) is 54.3 Å². The minimum atomic E-state index is -0.00414. The van der Waals surface area contributed by atoms with E-state index in [4.69, 9.17) is 12.2 Å². The van der Waals surface area contributed by atoms with Gasteiger partial charge in [0.05, 0.1) is 4.91 Å². The number of carbonyl (C=O) groups excluding carboxylic acids is 1. The molecule has 0 unspecified atom stereocenters. The molecule has 21 heavy (non-hydrogen) atoms. The van der Waals surface area contributed by atoms with Crippen LogP contribution in [0.5, 0.6) is 0 Å². The Bertz CT molecular complexity index is 678. The molecule has 0 aliphatic carbocycles. The molecular formula is C16H14N2OS2. The highest BCUT2D eigenvalue weighted by Crippen LogP contribution is 2.32. The summed E-state index contributed by atoms with van der Waals surface area (Å²) in [5.74, 6) is -0.00414. The van der Waals surface area contributed by atoms with Crippen LogP contribution < -0.4 is 0 Å². The number of carbonyl (C=O) groups is 1. The summed E-state index contributed by atoms with van der Waals surface area (Å²) < 4.78 is 0.633. The fourth-order valence-corrected chi connectivity index (χ4v) is 3.45. The van der Waals surface area contributed by atoms with Gasteiger partial charge in [0.2, 0.25) is 0 Å². The largest absolute Gasteiger partial charge is 0.362 e. The smallest absolute Gasteiger partial charge is 0.266 e. The van der Waals surface area contributed by atoms with Gasteiger partial charge in [-0.2, -0.15) is 0 Å². The van der Waals surface area contributed by atoms with Crippen LogP contribution in [0.15, 0.2) is 53.6 Å². The highest BCUT2D eigenvalue weighted by atomic mass is 32.2. The van der Waals surface area contributed by atoms with Gasteiger partial charge >= 0.3 is 0 Å². The molecule has 1 amide bonds. The zero-order chi connectivity index (χ0) is 14.7. The SMILES string of the molecule is O=C1/C(=C/c2ccc[nH]2)SC(=S)N1CCc1ccccc1. The maximum atomic E-state index is 12.4. The number of amides is 1. The zero-order valence-electron chi connectivity index (χ0n) is 11.3. The van der Waals surface area contributed by atoms with E-state index in [-0.39, 0.29) is 5.91 Å². The summed E-state index contributed by atoms with van der Waals surface area (Å²) in [5, 5.41) is 0. The lowest BCUT2D eigenvalue weighted by Gasteiger charge is -2.14. The van der Waals surface area contributed by atoms with Crippen molar-refractivity contribution in [2.24, 2.45) is 0 Å². The number of aromatic amines is 1. The molecule has 1 N–H and O–H groups in total. The van der Waals surface area contributed by atoms with Gasteiger partial charge in [0.1, 0.15) is 4.32 Å². The Morgan fingerprint density at radius 1 is 1.19 bits per heavy atom. The maximum absolute atomic E-state index is 12.4. The van der Waals surface area contributed by atoms with Gasteiger partial charge in [0.15, 0.2) is 0 Å². The normalized spacial score (nSPS) is 17.0. The van der Waals surface area contributed by atoms with Gasteiger partial charge in [-0.25, -0.2) is 0 Å². The number of rotatable bonds is 4. The monoisotopic (exact) mass is 314 g/mol. The molecule has 3 rings (SSSR count). The highest BCUT2D eigenvalue weighted by Gasteiger charge is 2.31. The second kappa shape index (κ2) is 6.28. The van der Waals surface area contributed by atoms with Crippen molar-refractivity contribution in [1.82, 2.24) is 9.88 Å². The molecule has 3 nitrogen and oxygen atoms in total. The van der Waals surface area contributed by atoms with Crippen LogP contribution in [0.3, 0.4) is 0 Å². The van der Waals surface area contributed by atoms with Crippen LogP contribution in [0.4, 0.5) is 0 Å². The van der Waals surface area contributed by atoms with Crippen molar-refractivity contribution < 1.29 is 4.79 Å². The Morgan fingerprint density at radius 3 is 2.71 bits per heavy atom. The predicted octanol–water partition coefficient (Wildman–Crippen LogP) is 3.46. The first-order valence-corrected chi connectivity index (χ1v) is 7.89. The second-order valence-electron chi connectivity index (χ2n) is 4.69. The summed E-state index contributed by atoms with van der Waals surface area (Å²) in [4.78, 5) is 17.8. The van der Waals surface area contributed by atoms with Crippen LogP contribution in [0.2, 0.25) is 0 Å². The molecule has 2 heterocycles.